The van der Waals surface area contributed by atoms with Crippen LogP contribution in [0.2, 0.25) is 0 Å². The number of rotatable bonds is 5. The third kappa shape index (κ3) is 4.41. The maximum atomic E-state index is 7.02. The maximum absolute atomic E-state index is 7.02. The fourth-order valence-electron chi connectivity index (χ4n) is 9.89. The Morgan fingerprint density at radius 2 is 0.836 bits per heavy atom. The van der Waals surface area contributed by atoms with Crippen LogP contribution in [-0.2, 0) is 10.8 Å². The van der Waals surface area contributed by atoms with Crippen molar-refractivity contribution < 1.29 is 4.74 Å². The second-order valence-electron chi connectivity index (χ2n) is 14.7. The first kappa shape index (κ1) is 31.6. The molecule has 1 atom stereocenters. The van der Waals surface area contributed by atoms with Gasteiger partial charge in [-0.1, -0.05) is 212 Å². The van der Waals surface area contributed by atoms with Gasteiger partial charge >= 0.3 is 0 Å². The van der Waals surface area contributed by atoms with Gasteiger partial charge in [-0.3, -0.25) is 0 Å². The van der Waals surface area contributed by atoms with Crippen LogP contribution in [-0.4, -0.2) is 0 Å². The zero-order chi connectivity index (χ0) is 36.4. The molecule has 0 aromatic heterocycles. The van der Waals surface area contributed by atoms with E-state index >= 15 is 0 Å². The summed E-state index contributed by atoms with van der Waals surface area (Å²) < 4.78 is 7.02. The third-order valence-electron chi connectivity index (χ3n) is 12.1. The fraction of sp³-hybridized carbons (Fsp3) is 0.0370. The summed E-state index contributed by atoms with van der Waals surface area (Å²) in [6.45, 7) is 0. The summed E-state index contributed by atoms with van der Waals surface area (Å²) in [6.07, 6.45) is 0. The summed E-state index contributed by atoms with van der Waals surface area (Å²) in [5.41, 5.74) is 13.5. The first-order valence-corrected chi connectivity index (χ1v) is 19.1. The van der Waals surface area contributed by atoms with Gasteiger partial charge in [-0.2, -0.15) is 0 Å². The molecule has 9 aromatic carbocycles. The van der Waals surface area contributed by atoms with Crippen molar-refractivity contribution in [2.75, 3.05) is 0 Å². The van der Waals surface area contributed by atoms with E-state index in [-0.39, 0.29) is 0 Å². The highest BCUT2D eigenvalue weighted by Gasteiger charge is 2.48. The van der Waals surface area contributed by atoms with Crippen molar-refractivity contribution >= 4 is 10.8 Å². The lowest BCUT2D eigenvalue weighted by molar-refractivity contribution is 0.436. The topological polar surface area (TPSA) is 9.23 Å². The predicted octanol–water partition coefficient (Wildman–Crippen LogP) is 13.4. The molecule has 0 amide bonds. The lowest BCUT2D eigenvalue weighted by Crippen LogP contribution is -2.34. The van der Waals surface area contributed by atoms with Crippen LogP contribution in [0.1, 0.15) is 44.5 Å². The average Bonchev–Trinajstić information content (AvgIpc) is 3.58. The molecule has 0 radical (unpaired) electrons. The maximum Gasteiger partial charge on any atom is 0.140 e. The molecule has 1 nitrogen and oxygen atoms in total. The van der Waals surface area contributed by atoms with Crippen molar-refractivity contribution in [3.63, 3.8) is 0 Å². The van der Waals surface area contributed by atoms with E-state index in [2.05, 4.69) is 218 Å². The summed E-state index contributed by atoms with van der Waals surface area (Å²) >= 11 is 0. The molecule has 1 heteroatoms. The SMILES string of the molecule is c1ccc(C2(c3ccccc3)c3ccccc3Oc3c(-c4ccc(C5(c6ccccc6)c6ccccc6-c6ccc7ccccc7c65)cc4)cccc32)cc1. The molecular formula is C54H36O. The van der Waals surface area contributed by atoms with Crippen molar-refractivity contribution in [1.29, 1.82) is 0 Å². The highest BCUT2D eigenvalue weighted by atomic mass is 16.5. The largest absolute Gasteiger partial charge is 0.456 e. The Balaban J connectivity index is 1.15. The molecule has 55 heavy (non-hydrogen) atoms. The summed E-state index contributed by atoms with van der Waals surface area (Å²) in [5.74, 6) is 1.77. The molecule has 0 bridgehead atoms. The van der Waals surface area contributed by atoms with Crippen molar-refractivity contribution in [1.82, 2.24) is 0 Å². The zero-order valence-electron chi connectivity index (χ0n) is 30.2. The highest BCUT2D eigenvalue weighted by Crippen LogP contribution is 2.60. The van der Waals surface area contributed by atoms with Crippen LogP contribution in [0.15, 0.2) is 218 Å². The predicted molar refractivity (Wildman–Crippen MR) is 225 cm³/mol. The Kier molecular flexibility index (Phi) is 7.06. The van der Waals surface area contributed by atoms with E-state index in [0.29, 0.717) is 0 Å². The van der Waals surface area contributed by atoms with E-state index in [1.807, 2.05) is 0 Å². The van der Waals surface area contributed by atoms with Gasteiger partial charge in [0.2, 0.25) is 0 Å². The number of fused-ring (bicyclic) bond motifs is 7. The number of hydrogen-bond acceptors (Lipinski definition) is 1. The smallest absolute Gasteiger partial charge is 0.140 e. The lowest BCUT2D eigenvalue weighted by Gasteiger charge is -2.42. The molecule has 0 saturated carbocycles. The summed E-state index contributed by atoms with van der Waals surface area (Å²) in [7, 11) is 0. The Morgan fingerprint density at radius 1 is 0.309 bits per heavy atom. The van der Waals surface area contributed by atoms with Crippen LogP contribution < -0.4 is 4.74 Å². The molecule has 0 fully saturated rings. The van der Waals surface area contributed by atoms with Gasteiger partial charge in [-0.25, -0.2) is 0 Å². The molecule has 1 unspecified atom stereocenters. The fourth-order valence-corrected chi connectivity index (χ4v) is 9.89. The van der Waals surface area contributed by atoms with Crippen molar-refractivity contribution in [2.45, 2.75) is 10.8 Å². The molecule has 2 aliphatic rings. The minimum Gasteiger partial charge on any atom is -0.456 e. The van der Waals surface area contributed by atoms with Crippen LogP contribution in [0.5, 0.6) is 11.5 Å². The van der Waals surface area contributed by atoms with Gasteiger partial charge in [-0.15, -0.1) is 0 Å². The molecule has 0 N–H and O–H groups in total. The summed E-state index contributed by atoms with van der Waals surface area (Å²) in [6, 6.07) is 79.8. The molecule has 1 heterocycles. The van der Waals surface area contributed by atoms with Gasteiger partial charge < -0.3 is 4.74 Å². The Bertz CT molecular complexity index is 2840. The van der Waals surface area contributed by atoms with Crippen LogP contribution in [0.25, 0.3) is 33.0 Å². The van der Waals surface area contributed by atoms with Crippen molar-refractivity contribution in [3.05, 3.63) is 263 Å². The number of ether oxygens (including phenoxy) is 1. The van der Waals surface area contributed by atoms with Gasteiger partial charge in [0.1, 0.15) is 11.5 Å². The first-order chi connectivity index (χ1) is 27.3. The Morgan fingerprint density at radius 3 is 1.55 bits per heavy atom. The number of benzene rings is 9. The Hall–Kier alpha value is -6.96. The third-order valence-corrected chi connectivity index (χ3v) is 12.1. The van der Waals surface area contributed by atoms with Crippen molar-refractivity contribution in [2.24, 2.45) is 0 Å². The molecule has 0 saturated heterocycles. The monoisotopic (exact) mass is 700 g/mol. The molecule has 1 aliphatic heterocycles. The quantitative estimate of drug-likeness (QED) is 0.174. The second kappa shape index (κ2) is 12.3. The normalized spacial score (nSPS) is 16.0. The van der Waals surface area contributed by atoms with E-state index in [0.717, 1.165) is 33.8 Å². The molecule has 11 rings (SSSR count). The minimum atomic E-state index is -0.571. The zero-order valence-corrected chi connectivity index (χ0v) is 30.2. The lowest BCUT2D eigenvalue weighted by atomic mass is 9.63. The van der Waals surface area contributed by atoms with E-state index in [9.17, 15) is 0 Å². The van der Waals surface area contributed by atoms with Crippen LogP contribution >= 0.6 is 0 Å². The van der Waals surface area contributed by atoms with E-state index in [1.54, 1.807) is 0 Å². The van der Waals surface area contributed by atoms with Crippen LogP contribution in [0, 0.1) is 0 Å². The first-order valence-electron chi connectivity index (χ1n) is 19.1. The van der Waals surface area contributed by atoms with E-state index in [1.165, 1.54) is 55.3 Å². The average molecular weight is 701 g/mol. The number of hydrogen-bond donors (Lipinski definition) is 0. The molecule has 1 aliphatic carbocycles. The minimum absolute atomic E-state index is 0.506. The van der Waals surface area contributed by atoms with Gasteiger partial charge in [-0.05, 0) is 66.9 Å². The molecule has 258 valence electrons. The Labute approximate surface area is 321 Å². The van der Waals surface area contributed by atoms with Crippen LogP contribution in [0.4, 0.5) is 0 Å². The molecular weight excluding hydrogens is 665 g/mol. The van der Waals surface area contributed by atoms with Gasteiger partial charge in [0.05, 0.1) is 10.8 Å². The number of para-hydroxylation sites is 2. The second-order valence-corrected chi connectivity index (χ2v) is 14.7. The summed E-state index contributed by atoms with van der Waals surface area (Å²) in [4.78, 5) is 0. The highest BCUT2D eigenvalue weighted by molar-refractivity contribution is 6.00. The summed E-state index contributed by atoms with van der Waals surface area (Å²) in [5, 5.41) is 2.53. The van der Waals surface area contributed by atoms with Gasteiger partial charge in [0, 0.05) is 16.7 Å². The van der Waals surface area contributed by atoms with E-state index < -0.39 is 10.8 Å². The molecule has 9 aromatic rings. The standard InChI is InChI=1S/C54H36O/c1-4-18-39(19-5-1)53(40-20-6-2-7-21-40)48-28-14-15-30-50(48)55-52-44(26-16-29-49(52)53)38-31-34-42(35-32-38)54(41-22-8-3-9-23-41)47-27-13-12-25-45(47)46-36-33-37-17-10-11-24-43(37)51(46)54/h1-36H. The molecule has 0 spiro atoms. The van der Waals surface area contributed by atoms with Gasteiger partial charge in [0.15, 0.2) is 0 Å². The van der Waals surface area contributed by atoms with E-state index in [4.69, 9.17) is 4.74 Å². The van der Waals surface area contributed by atoms with Crippen molar-refractivity contribution in [3.8, 4) is 33.8 Å². The van der Waals surface area contributed by atoms with Crippen LogP contribution in [0.3, 0.4) is 0 Å². The van der Waals surface area contributed by atoms with Gasteiger partial charge in [0.25, 0.3) is 0 Å².